The highest BCUT2D eigenvalue weighted by molar-refractivity contribution is 6.33. The van der Waals surface area contributed by atoms with Gasteiger partial charge < -0.3 is 15.0 Å². The van der Waals surface area contributed by atoms with E-state index >= 15 is 0 Å². The lowest BCUT2D eigenvalue weighted by Gasteiger charge is -2.31. The number of nitrogens with zero attached hydrogens (tertiary/aromatic N) is 5. The number of fused-ring (bicyclic) bond motifs is 1. The molecule has 0 aliphatic carbocycles. The molecule has 5 heterocycles. The Morgan fingerprint density at radius 3 is 2.71 bits per heavy atom. The quantitative estimate of drug-likeness (QED) is 0.340. The van der Waals surface area contributed by atoms with Crippen LogP contribution in [-0.4, -0.2) is 66.7 Å². The Morgan fingerprint density at radius 2 is 1.97 bits per heavy atom. The second-order valence-electron chi connectivity index (χ2n) is 9.23. The van der Waals surface area contributed by atoms with Crippen molar-refractivity contribution in [1.82, 2.24) is 40.0 Å². The third-order valence-corrected chi connectivity index (χ3v) is 7.22. The van der Waals surface area contributed by atoms with Gasteiger partial charge in [0.25, 0.3) is 11.5 Å². The zero-order valence-corrected chi connectivity index (χ0v) is 21.9. The van der Waals surface area contributed by atoms with Gasteiger partial charge in [-0.05, 0) is 32.8 Å². The molecule has 1 fully saturated rings. The smallest absolute Gasteiger partial charge is 0.274 e. The van der Waals surface area contributed by atoms with Crippen molar-refractivity contribution in [2.24, 2.45) is 5.92 Å². The summed E-state index contributed by atoms with van der Waals surface area (Å²) in [7, 11) is 1.51. The standard InChI is InChI=1S/C25H27ClN8O4/c1-13-17(14(2)34-21(29-13)10-22(35)32-34)11-28-24(36)15-4-6-33(7-5-15)25(37)20-9-19(30-31-20)16-8-23(38-3)27-12-18(16)26/h8-10,12,15H,4-7,11H2,1-3H3,(H,28,36)(H,30,31)(H,32,35). The number of methoxy groups -OCH3 is 1. The molecule has 0 atom stereocenters. The normalized spacial score (nSPS) is 14.2. The summed E-state index contributed by atoms with van der Waals surface area (Å²) >= 11 is 6.26. The summed E-state index contributed by atoms with van der Waals surface area (Å²) in [6.07, 6.45) is 2.57. The molecule has 1 saturated heterocycles. The summed E-state index contributed by atoms with van der Waals surface area (Å²) in [6.45, 7) is 4.92. The summed E-state index contributed by atoms with van der Waals surface area (Å²) in [6, 6.07) is 4.76. The number of ether oxygens (including phenoxy) is 1. The van der Waals surface area contributed by atoms with Crippen molar-refractivity contribution in [2.45, 2.75) is 33.2 Å². The van der Waals surface area contributed by atoms with Gasteiger partial charge in [-0.15, -0.1) is 0 Å². The highest BCUT2D eigenvalue weighted by Crippen LogP contribution is 2.29. The fourth-order valence-corrected chi connectivity index (χ4v) is 4.95. The van der Waals surface area contributed by atoms with E-state index in [0.717, 1.165) is 17.0 Å². The maximum absolute atomic E-state index is 13.1. The molecule has 1 aliphatic heterocycles. The summed E-state index contributed by atoms with van der Waals surface area (Å²) in [5, 5.41) is 13.2. The average Bonchev–Trinajstić information content (AvgIpc) is 3.55. The number of hydrogen-bond acceptors (Lipinski definition) is 7. The molecule has 38 heavy (non-hydrogen) atoms. The number of likely N-dealkylation sites (tertiary alicyclic amines) is 1. The van der Waals surface area contributed by atoms with Crippen molar-refractivity contribution >= 4 is 29.1 Å². The lowest BCUT2D eigenvalue weighted by atomic mass is 9.95. The Hall–Kier alpha value is -4.19. The predicted molar refractivity (Wildman–Crippen MR) is 139 cm³/mol. The van der Waals surface area contributed by atoms with Crippen LogP contribution in [0.5, 0.6) is 5.88 Å². The maximum atomic E-state index is 13.1. The number of hydrogen-bond donors (Lipinski definition) is 3. The van der Waals surface area contributed by atoms with E-state index in [4.69, 9.17) is 16.3 Å². The number of pyridine rings is 1. The van der Waals surface area contributed by atoms with Gasteiger partial charge in [0.2, 0.25) is 11.8 Å². The van der Waals surface area contributed by atoms with E-state index in [2.05, 4.69) is 30.6 Å². The number of nitrogens with one attached hydrogen (secondary N) is 3. The highest BCUT2D eigenvalue weighted by Gasteiger charge is 2.29. The minimum atomic E-state index is -0.227. The molecule has 0 saturated carbocycles. The van der Waals surface area contributed by atoms with Crippen molar-refractivity contribution in [2.75, 3.05) is 20.2 Å². The number of aromatic amines is 2. The van der Waals surface area contributed by atoms with Crippen molar-refractivity contribution in [3.8, 4) is 17.1 Å². The van der Waals surface area contributed by atoms with Crippen LogP contribution in [0.3, 0.4) is 0 Å². The number of carbonyl (C=O) groups excluding carboxylic acids is 2. The molecule has 0 unspecified atom stereocenters. The molecule has 13 heteroatoms. The topological polar surface area (TPSA) is 150 Å². The summed E-state index contributed by atoms with van der Waals surface area (Å²) in [5.41, 5.74) is 4.23. The highest BCUT2D eigenvalue weighted by atomic mass is 35.5. The molecule has 0 radical (unpaired) electrons. The molecular formula is C25H27ClN8O4. The molecule has 1 aliphatic rings. The van der Waals surface area contributed by atoms with Crippen molar-refractivity contribution in [1.29, 1.82) is 0 Å². The Labute approximate surface area is 222 Å². The van der Waals surface area contributed by atoms with Crippen LogP contribution in [0, 0.1) is 19.8 Å². The summed E-state index contributed by atoms with van der Waals surface area (Å²) < 4.78 is 6.78. The van der Waals surface area contributed by atoms with Gasteiger partial charge in [-0.2, -0.15) is 5.10 Å². The number of amides is 2. The maximum Gasteiger partial charge on any atom is 0.274 e. The molecule has 2 amide bonds. The van der Waals surface area contributed by atoms with Crippen LogP contribution >= 0.6 is 11.6 Å². The number of halogens is 1. The first-order valence-corrected chi connectivity index (χ1v) is 12.5. The molecule has 0 spiro atoms. The third-order valence-electron chi connectivity index (χ3n) is 6.92. The Bertz CT molecular complexity index is 1580. The van der Waals surface area contributed by atoms with Gasteiger partial charge in [0.15, 0.2) is 11.3 Å². The minimum Gasteiger partial charge on any atom is -0.481 e. The van der Waals surface area contributed by atoms with E-state index in [1.165, 1.54) is 19.4 Å². The minimum absolute atomic E-state index is 0.0691. The van der Waals surface area contributed by atoms with Gasteiger partial charge in [-0.25, -0.2) is 14.5 Å². The van der Waals surface area contributed by atoms with E-state index in [1.807, 2.05) is 13.8 Å². The number of carbonyl (C=O) groups is 2. The van der Waals surface area contributed by atoms with Crippen LogP contribution in [0.1, 0.15) is 40.3 Å². The number of aryl methyl sites for hydroxylation is 2. The van der Waals surface area contributed by atoms with Crippen LogP contribution in [-0.2, 0) is 11.3 Å². The van der Waals surface area contributed by atoms with Crippen LogP contribution in [0.4, 0.5) is 0 Å². The van der Waals surface area contributed by atoms with E-state index in [-0.39, 0.29) is 29.0 Å². The SMILES string of the molecule is COc1cc(-c2cc(C(=O)N3CCC(C(=O)NCc4c(C)nc5cc(=O)[nH]n5c4C)CC3)n[nH]2)c(Cl)cn1. The number of aromatic nitrogens is 6. The van der Waals surface area contributed by atoms with Gasteiger partial charge in [0.05, 0.1) is 24.0 Å². The fourth-order valence-electron chi connectivity index (χ4n) is 4.74. The third kappa shape index (κ3) is 4.86. The molecule has 4 aromatic rings. The zero-order chi connectivity index (χ0) is 27.0. The Morgan fingerprint density at radius 1 is 1.21 bits per heavy atom. The van der Waals surface area contributed by atoms with Gasteiger partial charge in [-0.1, -0.05) is 11.6 Å². The van der Waals surface area contributed by atoms with Crippen molar-refractivity contribution in [3.63, 3.8) is 0 Å². The number of H-pyrrole nitrogens is 2. The molecule has 0 bridgehead atoms. The zero-order valence-electron chi connectivity index (χ0n) is 21.2. The molecular weight excluding hydrogens is 512 g/mol. The van der Waals surface area contributed by atoms with Crippen LogP contribution in [0.2, 0.25) is 5.02 Å². The average molecular weight is 539 g/mol. The Kier molecular flexibility index (Phi) is 6.89. The van der Waals surface area contributed by atoms with Gasteiger partial charge in [0, 0.05) is 60.2 Å². The van der Waals surface area contributed by atoms with E-state index < -0.39 is 0 Å². The second-order valence-corrected chi connectivity index (χ2v) is 9.64. The lowest BCUT2D eigenvalue weighted by molar-refractivity contribution is -0.126. The van der Waals surface area contributed by atoms with Gasteiger partial charge in [-0.3, -0.25) is 24.6 Å². The molecule has 3 N–H and O–H groups in total. The van der Waals surface area contributed by atoms with Crippen molar-refractivity contribution in [3.05, 3.63) is 62.4 Å². The van der Waals surface area contributed by atoms with E-state index in [9.17, 15) is 14.4 Å². The molecule has 0 aromatic carbocycles. The van der Waals surface area contributed by atoms with E-state index in [1.54, 1.807) is 21.5 Å². The second kappa shape index (κ2) is 10.3. The number of rotatable bonds is 6. The molecule has 198 valence electrons. The van der Waals surface area contributed by atoms with Crippen LogP contribution in [0.25, 0.3) is 16.9 Å². The predicted octanol–water partition coefficient (Wildman–Crippen LogP) is 2.26. The molecule has 5 rings (SSSR count). The van der Waals surface area contributed by atoms with Crippen LogP contribution < -0.4 is 15.6 Å². The Balaban J connectivity index is 1.19. The fraction of sp³-hybridized carbons (Fsp3) is 0.360. The van der Waals surface area contributed by atoms with Crippen LogP contribution in [0.15, 0.2) is 29.2 Å². The first-order valence-electron chi connectivity index (χ1n) is 12.1. The summed E-state index contributed by atoms with van der Waals surface area (Å²) in [4.78, 5) is 47.9. The van der Waals surface area contributed by atoms with Gasteiger partial charge >= 0.3 is 0 Å². The number of piperidine rings is 1. The summed E-state index contributed by atoms with van der Waals surface area (Å²) in [5.74, 6) is -0.0928. The molecule has 4 aromatic heterocycles. The van der Waals surface area contributed by atoms with Gasteiger partial charge in [0.1, 0.15) is 0 Å². The molecule has 12 nitrogen and oxygen atoms in total. The first-order chi connectivity index (χ1) is 18.2. The first kappa shape index (κ1) is 25.5. The largest absolute Gasteiger partial charge is 0.481 e. The monoisotopic (exact) mass is 538 g/mol. The van der Waals surface area contributed by atoms with Crippen molar-refractivity contribution < 1.29 is 14.3 Å². The van der Waals surface area contributed by atoms with E-state index in [0.29, 0.717) is 60.3 Å². The lowest BCUT2D eigenvalue weighted by Crippen LogP contribution is -2.43.